The molecule has 120 valence electrons. The van der Waals surface area contributed by atoms with Crippen molar-refractivity contribution in [1.82, 2.24) is 0 Å². The summed E-state index contributed by atoms with van der Waals surface area (Å²) in [5, 5.41) is 0. The van der Waals surface area contributed by atoms with Gasteiger partial charge < -0.3 is 0 Å². The lowest BCUT2D eigenvalue weighted by Crippen LogP contribution is -2.09. The molecule has 0 aromatic carbocycles. The van der Waals surface area contributed by atoms with Gasteiger partial charge in [-0.3, -0.25) is 9.59 Å². The monoisotopic (exact) mass is 284 g/mol. The number of ketones is 2. The molecule has 0 fully saturated rings. The third-order valence-corrected chi connectivity index (χ3v) is 3.10. The number of hydrogen-bond acceptors (Lipinski definition) is 2. The van der Waals surface area contributed by atoms with Crippen molar-refractivity contribution >= 4 is 11.6 Å². The first kappa shape index (κ1) is 21.6. The molecule has 0 atom stereocenters. The third kappa shape index (κ3) is 15.4. The highest BCUT2D eigenvalue weighted by Gasteiger charge is 2.08. The van der Waals surface area contributed by atoms with E-state index in [9.17, 15) is 9.59 Å². The minimum absolute atomic E-state index is 0.215. The topological polar surface area (TPSA) is 34.1 Å². The smallest absolute Gasteiger partial charge is 0.135 e. The van der Waals surface area contributed by atoms with E-state index in [2.05, 4.69) is 27.7 Å². The van der Waals surface area contributed by atoms with Crippen molar-refractivity contribution < 1.29 is 9.59 Å². The molecule has 0 aliphatic carbocycles. The van der Waals surface area contributed by atoms with E-state index in [-0.39, 0.29) is 11.8 Å². The molecule has 0 aliphatic heterocycles. The van der Waals surface area contributed by atoms with Gasteiger partial charge in [0.1, 0.15) is 11.6 Å². The van der Waals surface area contributed by atoms with Crippen LogP contribution in [0, 0.1) is 23.7 Å². The minimum atomic E-state index is 0.215. The van der Waals surface area contributed by atoms with Crippen molar-refractivity contribution in [2.75, 3.05) is 0 Å². The van der Waals surface area contributed by atoms with E-state index in [0.29, 0.717) is 17.5 Å². The van der Waals surface area contributed by atoms with Gasteiger partial charge in [-0.1, -0.05) is 61.8 Å². The summed E-state index contributed by atoms with van der Waals surface area (Å²) in [5.41, 5.74) is 0. The van der Waals surface area contributed by atoms with Crippen LogP contribution in [0.15, 0.2) is 0 Å². The number of carbonyl (C=O) groups excluding carboxylic acids is 2. The average molecular weight is 284 g/mol. The molecule has 0 heterocycles. The summed E-state index contributed by atoms with van der Waals surface area (Å²) >= 11 is 0. The fourth-order valence-electron chi connectivity index (χ4n) is 1.61. The Hall–Kier alpha value is -0.660. The maximum absolute atomic E-state index is 11.1. The van der Waals surface area contributed by atoms with Crippen LogP contribution >= 0.6 is 0 Å². The van der Waals surface area contributed by atoms with Crippen LogP contribution in [-0.2, 0) is 9.59 Å². The van der Waals surface area contributed by atoms with Gasteiger partial charge in [0, 0.05) is 24.7 Å². The van der Waals surface area contributed by atoms with Crippen LogP contribution in [0.1, 0.15) is 81.1 Å². The Morgan fingerprint density at radius 1 is 0.700 bits per heavy atom. The molecule has 0 aromatic rings. The van der Waals surface area contributed by atoms with E-state index < -0.39 is 0 Å². The van der Waals surface area contributed by atoms with Crippen molar-refractivity contribution in [3.8, 4) is 0 Å². The Kier molecular flexibility index (Phi) is 13.1. The zero-order valence-electron chi connectivity index (χ0n) is 15.0. The first-order valence-corrected chi connectivity index (χ1v) is 8.13. The summed E-state index contributed by atoms with van der Waals surface area (Å²) < 4.78 is 0. The van der Waals surface area contributed by atoms with Gasteiger partial charge in [-0.05, 0) is 18.3 Å². The molecule has 0 unspecified atom stereocenters. The van der Waals surface area contributed by atoms with Crippen LogP contribution < -0.4 is 0 Å². The van der Waals surface area contributed by atoms with E-state index in [1.54, 1.807) is 0 Å². The molecule has 0 radical (unpaired) electrons. The lowest BCUT2D eigenvalue weighted by Gasteiger charge is -2.05. The van der Waals surface area contributed by atoms with Gasteiger partial charge in [-0.2, -0.15) is 0 Å². The van der Waals surface area contributed by atoms with Gasteiger partial charge in [0.2, 0.25) is 0 Å². The second-order valence-electron chi connectivity index (χ2n) is 7.13. The van der Waals surface area contributed by atoms with Gasteiger partial charge in [-0.25, -0.2) is 0 Å². The van der Waals surface area contributed by atoms with Crippen molar-refractivity contribution in [2.45, 2.75) is 81.1 Å². The summed E-state index contributed by atoms with van der Waals surface area (Å²) in [7, 11) is 0. The summed E-state index contributed by atoms with van der Waals surface area (Å²) in [6.45, 7) is 16.4. The lowest BCUT2D eigenvalue weighted by atomic mass is 9.99. The lowest BCUT2D eigenvalue weighted by molar-refractivity contribution is -0.123. The van der Waals surface area contributed by atoms with Crippen LogP contribution in [-0.4, -0.2) is 11.6 Å². The average Bonchev–Trinajstić information content (AvgIpc) is 2.27. The predicted molar refractivity (Wildman–Crippen MR) is 87.8 cm³/mol. The van der Waals surface area contributed by atoms with Crippen molar-refractivity contribution in [1.29, 1.82) is 0 Å². The fraction of sp³-hybridized carbons (Fsp3) is 0.889. The number of rotatable bonds is 8. The Morgan fingerprint density at radius 3 is 1.40 bits per heavy atom. The molecule has 2 nitrogen and oxygen atoms in total. The highest BCUT2D eigenvalue weighted by molar-refractivity contribution is 5.80. The van der Waals surface area contributed by atoms with Crippen LogP contribution in [0.2, 0.25) is 0 Å². The van der Waals surface area contributed by atoms with Crippen LogP contribution in [0.4, 0.5) is 0 Å². The van der Waals surface area contributed by atoms with Crippen LogP contribution in [0.25, 0.3) is 0 Å². The van der Waals surface area contributed by atoms with Crippen molar-refractivity contribution in [2.24, 2.45) is 23.7 Å². The number of carbonyl (C=O) groups is 2. The first-order chi connectivity index (χ1) is 9.07. The molecular formula is C18H36O2. The van der Waals surface area contributed by atoms with E-state index >= 15 is 0 Å². The van der Waals surface area contributed by atoms with Crippen molar-refractivity contribution in [3.05, 3.63) is 0 Å². The summed E-state index contributed by atoms with van der Waals surface area (Å²) in [5.74, 6) is 2.47. The molecule has 0 bridgehead atoms. The second-order valence-corrected chi connectivity index (χ2v) is 7.13. The Balaban J connectivity index is 0. The van der Waals surface area contributed by atoms with E-state index in [0.717, 1.165) is 25.2 Å². The maximum Gasteiger partial charge on any atom is 0.135 e. The maximum atomic E-state index is 11.1. The zero-order chi connectivity index (χ0) is 16.3. The highest BCUT2D eigenvalue weighted by atomic mass is 16.1. The molecule has 0 aliphatic rings. The van der Waals surface area contributed by atoms with E-state index in [1.165, 1.54) is 6.42 Å². The zero-order valence-corrected chi connectivity index (χ0v) is 15.0. The predicted octanol–water partition coefficient (Wildman–Crippen LogP) is 5.30. The fourth-order valence-corrected chi connectivity index (χ4v) is 1.61. The number of hydrogen-bond donors (Lipinski definition) is 0. The molecule has 0 saturated carbocycles. The molecule has 0 saturated heterocycles. The van der Waals surface area contributed by atoms with Crippen molar-refractivity contribution in [3.63, 3.8) is 0 Å². The molecule has 2 heteroatoms. The van der Waals surface area contributed by atoms with Crippen LogP contribution in [0.3, 0.4) is 0 Å². The van der Waals surface area contributed by atoms with Gasteiger partial charge >= 0.3 is 0 Å². The molecule has 0 N–H and O–H groups in total. The Bertz CT molecular complexity index is 263. The Labute approximate surface area is 126 Å². The van der Waals surface area contributed by atoms with Gasteiger partial charge in [-0.15, -0.1) is 0 Å². The van der Waals surface area contributed by atoms with Gasteiger partial charge in [0.05, 0.1) is 0 Å². The molecule has 0 amide bonds. The molecule has 0 aromatic heterocycles. The second kappa shape index (κ2) is 12.1. The standard InChI is InChI=1S/C10H20O.C8H16O/c1-8(2)6-5-7-10(11)9(3)4;1-6(2)5-8(9)7(3)4/h8-9H,5-7H2,1-4H3;6-7H,5H2,1-4H3. The quantitative estimate of drug-likeness (QED) is 0.606. The van der Waals surface area contributed by atoms with Crippen LogP contribution in [0.5, 0.6) is 0 Å². The minimum Gasteiger partial charge on any atom is -0.299 e. The highest BCUT2D eigenvalue weighted by Crippen LogP contribution is 2.09. The normalized spacial score (nSPS) is 11.0. The SMILES string of the molecule is CC(C)CC(=O)C(C)C.CC(C)CCCC(=O)C(C)C. The van der Waals surface area contributed by atoms with Gasteiger partial charge in [0.25, 0.3) is 0 Å². The van der Waals surface area contributed by atoms with E-state index in [1.807, 2.05) is 27.7 Å². The summed E-state index contributed by atoms with van der Waals surface area (Å²) in [6, 6.07) is 0. The summed E-state index contributed by atoms with van der Waals surface area (Å²) in [6.07, 6.45) is 3.75. The first-order valence-electron chi connectivity index (χ1n) is 8.13. The summed E-state index contributed by atoms with van der Waals surface area (Å²) in [4.78, 5) is 22.1. The third-order valence-electron chi connectivity index (χ3n) is 3.10. The van der Waals surface area contributed by atoms with E-state index in [4.69, 9.17) is 0 Å². The Morgan fingerprint density at radius 2 is 1.15 bits per heavy atom. The molecular weight excluding hydrogens is 248 g/mol. The number of Topliss-reactive ketones (excluding diaryl/α,β-unsaturated/α-hetero) is 2. The van der Waals surface area contributed by atoms with Gasteiger partial charge in [0.15, 0.2) is 0 Å². The molecule has 0 rings (SSSR count). The molecule has 20 heavy (non-hydrogen) atoms. The molecule has 0 spiro atoms. The largest absolute Gasteiger partial charge is 0.299 e.